The third kappa shape index (κ3) is 5.59. The van der Waals surface area contributed by atoms with Crippen molar-refractivity contribution in [3.05, 3.63) is 53.1 Å². The van der Waals surface area contributed by atoms with Crippen LogP contribution in [0.2, 0.25) is 5.02 Å². The second-order valence-electron chi connectivity index (χ2n) is 8.28. The Labute approximate surface area is 201 Å². The Morgan fingerprint density at radius 3 is 2.64 bits per heavy atom. The lowest BCUT2D eigenvalue weighted by Gasteiger charge is -2.49. The number of pyridine rings is 2. The third-order valence-electron chi connectivity index (χ3n) is 6.15. The molecule has 180 valence electrons. The molecule has 0 saturated carbocycles. The van der Waals surface area contributed by atoms with E-state index in [1.165, 1.54) is 4.90 Å². The van der Waals surface area contributed by atoms with Crippen LogP contribution in [0.4, 0.5) is 18.9 Å². The van der Waals surface area contributed by atoms with E-state index in [1.54, 1.807) is 19.2 Å². The van der Waals surface area contributed by atoms with Crippen molar-refractivity contribution in [3.63, 3.8) is 0 Å². The van der Waals surface area contributed by atoms with Gasteiger partial charge in [-0.3, -0.25) is 14.8 Å². The van der Waals surface area contributed by atoms with Crippen LogP contribution in [-0.4, -0.2) is 58.7 Å². The zero-order valence-electron chi connectivity index (χ0n) is 18.0. The van der Waals surface area contributed by atoms with Gasteiger partial charge in [0.25, 0.3) is 5.91 Å². The fourth-order valence-electron chi connectivity index (χ4n) is 4.42. The molecule has 2 aromatic heterocycles. The smallest absolute Gasteiger partial charge is 0.360 e. The van der Waals surface area contributed by atoms with Gasteiger partial charge in [-0.15, -0.1) is 12.4 Å². The van der Waals surface area contributed by atoms with Gasteiger partial charge in [-0.1, -0.05) is 11.6 Å². The number of carbonyl (C=O) groups is 1. The number of aromatic nitrogens is 2. The maximum absolute atomic E-state index is 13.5. The van der Waals surface area contributed by atoms with Crippen molar-refractivity contribution in [1.29, 1.82) is 0 Å². The number of carbonyl (C=O) groups excluding carboxylic acids is 1. The summed E-state index contributed by atoms with van der Waals surface area (Å²) in [5.41, 5.74) is -0.933. The van der Waals surface area contributed by atoms with Crippen molar-refractivity contribution in [3.8, 4) is 0 Å². The number of nitrogens with zero attached hydrogens (tertiary/aromatic N) is 4. The van der Waals surface area contributed by atoms with E-state index in [2.05, 4.69) is 14.9 Å². The Bertz CT molecular complexity index is 984. The molecular formula is C22H25Cl2F3N4O2. The van der Waals surface area contributed by atoms with Crippen LogP contribution in [0.1, 0.15) is 31.0 Å². The van der Waals surface area contributed by atoms with Gasteiger partial charge in [0.2, 0.25) is 0 Å². The minimum Gasteiger partial charge on any atom is -0.360 e. The van der Waals surface area contributed by atoms with E-state index in [0.29, 0.717) is 37.4 Å². The van der Waals surface area contributed by atoms with Crippen molar-refractivity contribution >= 4 is 35.6 Å². The molecule has 0 aromatic carbocycles. The summed E-state index contributed by atoms with van der Waals surface area (Å²) in [5, 5.41) is 0.636. The molecule has 6 nitrogen and oxygen atoms in total. The largest absolute Gasteiger partial charge is 0.418 e. The SMILES string of the molecule is CC1OC2(CCN(CCc3ncccc3Cl)CC2)CN(c2cnccc2C(F)(F)F)C1=O.Cl. The Hall–Kier alpha value is -1.94. The van der Waals surface area contributed by atoms with E-state index in [4.69, 9.17) is 16.3 Å². The van der Waals surface area contributed by atoms with Crippen LogP contribution < -0.4 is 4.90 Å². The summed E-state index contributed by atoms with van der Waals surface area (Å²) in [6, 6.07) is 4.50. The fraction of sp³-hybridized carbons (Fsp3) is 0.500. The van der Waals surface area contributed by atoms with Gasteiger partial charge in [0.1, 0.15) is 6.10 Å². The van der Waals surface area contributed by atoms with E-state index in [1.807, 2.05) is 6.07 Å². The van der Waals surface area contributed by atoms with Crippen LogP contribution in [0.3, 0.4) is 0 Å². The first-order valence-electron chi connectivity index (χ1n) is 10.5. The highest BCUT2D eigenvalue weighted by Crippen LogP contribution is 2.40. The van der Waals surface area contributed by atoms with E-state index < -0.39 is 29.4 Å². The van der Waals surface area contributed by atoms with Crippen LogP contribution in [-0.2, 0) is 22.1 Å². The standard InChI is InChI=1S/C22H24ClF3N4O2.ClH/c1-15-20(31)30(19-13-27-9-4-16(19)22(24,25)26)14-21(32-15)6-11-29(12-7-21)10-5-18-17(23)3-2-8-28-18;/h2-4,8-9,13,15H,5-7,10-12,14H2,1H3;1H. The van der Waals surface area contributed by atoms with Crippen LogP contribution in [0.5, 0.6) is 0 Å². The van der Waals surface area contributed by atoms with E-state index >= 15 is 0 Å². The molecule has 2 aromatic rings. The minimum atomic E-state index is -4.58. The van der Waals surface area contributed by atoms with Gasteiger partial charge < -0.3 is 14.5 Å². The summed E-state index contributed by atoms with van der Waals surface area (Å²) in [5.74, 6) is -0.485. The molecule has 0 bridgehead atoms. The second kappa shape index (κ2) is 10.1. The zero-order valence-corrected chi connectivity index (χ0v) is 19.6. The molecule has 1 unspecified atom stereocenters. The number of hydrogen-bond donors (Lipinski definition) is 0. The fourth-order valence-corrected chi connectivity index (χ4v) is 4.64. The first kappa shape index (κ1) is 25.7. The molecule has 0 N–H and O–H groups in total. The zero-order chi connectivity index (χ0) is 22.9. The molecule has 1 amide bonds. The topological polar surface area (TPSA) is 58.6 Å². The van der Waals surface area contributed by atoms with Crippen molar-refractivity contribution in [2.75, 3.05) is 31.1 Å². The van der Waals surface area contributed by atoms with Gasteiger partial charge in [-0.05, 0) is 38.0 Å². The number of morpholine rings is 1. The molecule has 2 saturated heterocycles. The van der Waals surface area contributed by atoms with E-state index in [9.17, 15) is 18.0 Å². The Kier molecular flexibility index (Phi) is 7.88. The van der Waals surface area contributed by atoms with Crippen LogP contribution >= 0.6 is 24.0 Å². The highest BCUT2D eigenvalue weighted by molar-refractivity contribution is 6.31. The monoisotopic (exact) mass is 504 g/mol. The molecule has 1 spiro atoms. The van der Waals surface area contributed by atoms with Gasteiger partial charge in [0, 0.05) is 38.4 Å². The first-order valence-corrected chi connectivity index (χ1v) is 10.9. The number of amides is 1. The second-order valence-corrected chi connectivity index (χ2v) is 8.69. The van der Waals surface area contributed by atoms with Crippen molar-refractivity contribution < 1.29 is 22.7 Å². The number of likely N-dealkylation sites (tertiary alicyclic amines) is 1. The highest BCUT2D eigenvalue weighted by atomic mass is 35.5. The number of halogens is 5. The van der Waals surface area contributed by atoms with Crippen LogP contribution in [0, 0.1) is 0 Å². The van der Waals surface area contributed by atoms with Crippen LogP contribution in [0.25, 0.3) is 0 Å². The van der Waals surface area contributed by atoms with Gasteiger partial charge >= 0.3 is 6.18 Å². The normalized spacial score (nSPS) is 21.2. The molecule has 0 radical (unpaired) electrons. The van der Waals surface area contributed by atoms with Gasteiger partial charge in [-0.2, -0.15) is 13.2 Å². The third-order valence-corrected chi connectivity index (χ3v) is 6.49. The molecular weight excluding hydrogens is 480 g/mol. The van der Waals surface area contributed by atoms with Crippen molar-refractivity contribution in [2.24, 2.45) is 0 Å². The summed E-state index contributed by atoms with van der Waals surface area (Å²) >= 11 is 6.18. The maximum Gasteiger partial charge on any atom is 0.418 e. The minimum absolute atomic E-state index is 0. The number of rotatable bonds is 4. The molecule has 4 heterocycles. The van der Waals surface area contributed by atoms with E-state index in [-0.39, 0.29) is 24.6 Å². The molecule has 2 aliphatic heterocycles. The van der Waals surface area contributed by atoms with Gasteiger partial charge in [-0.25, -0.2) is 0 Å². The van der Waals surface area contributed by atoms with Crippen molar-refractivity contribution in [1.82, 2.24) is 14.9 Å². The lowest BCUT2D eigenvalue weighted by molar-refractivity contribution is -0.162. The molecule has 11 heteroatoms. The lowest BCUT2D eigenvalue weighted by Crippen LogP contribution is -2.62. The molecule has 2 fully saturated rings. The van der Waals surface area contributed by atoms with E-state index in [0.717, 1.165) is 30.7 Å². The highest BCUT2D eigenvalue weighted by Gasteiger charge is 2.47. The average Bonchev–Trinajstić information content (AvgIpc) is 2.76. The molecule has 4 rings (SSSR count). The summed E-state index contributed by atoms with van der Waals surface area (Å²) in [4.78, 5) is 24.4. The number of hydrogen-bond acceptors (Lipinski definition) is 5. The Morgan fingerprint density at radius 2 is 1.97 bits per heavy atom. The predicted octanol–water partition coefficient (Wildman–Crippen LogP) is 4.40. The number of alkyl halides is 3. The Morgan fingerprint density at radius 1 is 1.24 bits per heavy atom. The summed E-state index contributed by atoms with van der Waals surface area (Å²) in [6.07, 6.45) is 0.424. The molecule has 1 atom stereocenters. The quantitative estimate of drug-likeness (QED) is 0.617. The lowest BCUT2D eigenvalue weighted by atomic mass is 9.88. The summed E-state index contributed by atoms with van der Waals surface area (Å²) in [6.45, 7) is 3.85. The molecule has 2 aliphatic rings. The van der Waals surface area contributed by atoms with Crippen molar-refractivity contribution in [2.45, 2.75) is 44.1 Å². The Balaban J connectivity index is 0.00000306. The number of anilines is 1. The van der Waals surface area contributed by atoms with Gasteiger partial charge in [0.15, 0.2) is 0 Å². The summed E-state index contributed by atoms with van der Waals surface area (Å²) < 4.78 is 46.7. The van der Waals surface area contributed by atoms with Crippen LogP contribution in [0.15, 0.2) is 36.8 Å². The number of ether oxygens (including phenoxy) is 1. The first-order chi connectivity index (χ1) is 15.2. The maximum atomic E-state index is 13.5. The molecule has 33 heavy (non-hydrogen) atoms. The number of piperidine rings is 1. The predicted molar refractivity (Wildman–Crippen MR) is 121 cm³/mol. The average molecular weight is 505 g/mol. The molecule has 0 aliphatic carbocycles. The van der Waals surface area contributed by atoms with Gasteiger partial charge in [0.05, 0.1) is 40.3 Å². The summed E-state index contributed by atoms with van der Waals surface area (Å²) in [7, 11) is 0.